The maximum absolute atomic E-state index is 11.9. The van der Waals surface area contributed by atoms with E-state index in [1.165, 1.54) is 29.5 Å². The quantitative estimate of drug-likeness (QED) is 0.812. The monoisotopic (exact) mass is 295 g/mol. The van der Waals surface area contributed by atoms with Gasteiger partial charge in [-0.25, -0.2) is 9.78 Å². The highest BCUT2D eigenvalue weighted by atomic mass is 32.2. The molecule has 0 radical (unpaired) electrons. The Morgan fingerprint density at radius 3 is 2.90 bits per heavy atom. The molecule has 3 rings (SSSR count). The largest absolute Gasteiger partial charge is 0.336 e. The molecule has 0 unspecified atom stereocenters. The number of nitrogens with one attached hydrogen (secondary N) is 2. The standard InChI is InChI=1S/C12H17N5O2S/c18-9(17-6-5-13-12(17)19)7-20-11-14-10(15-16-11)8-3-1-2-4-8/h8H,1-7H2,(H,13,19)(H,14,15,16). The molecular formula is C12H17N5O2S. The van der Waals surface area contributed by atoms with Gasteiger partial charge in [-0.2, -0.15) is 0 Å². The summed E-state index contributed by atoms with van der Waals surface area (Å²) in [4.78, 5) is 28.9. The predicted octanol–water partition coefficient (Wildman–Crippen LogP) is 1.11. The highest BCUT2D eigenvalue weighted by molar-refractivity contribution is 7.99. The molecule has 1 saturated heterocycles. The summed E-state index contributed by atoms with van der Waals surface area (Å²) < 4.78 is 0. The van der Waals surface area contributed by atoms with Gasteiger partial charge in [0, 0.05) is 19.0 Å². The summed E-state index contributed by atoms with van der Waals surface area (Å²) in [7, 11) is 0. The molecule has 3 amide bonds. The third kappa shape index (κ3) is 2.79. The van der Waals surface area contributed by atoms with E-state index < -0.39 is 0 Å². The smallest absolute Gasteiger partial charge is 0.324 e. The first-order valence-corrected chi connectivity index (χ1v) is 7.86. The Morgan fingerprint density at radius 2 is 2.20 bits per heavy atom. The van der Waals surface area contributed by atoms with Crippen molar-refractivity contribution in [3.63, 3.8) is 0 Å². The van der Waals surface area contributed by atoms with Gasteiger partial charge in [-0.15, -0.1) is 5.10 Å². The first-order valence-electron chi connectivity index (χ1n) is 6.87. The van der Waals surface area contributed by atoms with E-state index in [0.29, 0.717) is 24.2 Å². The number of aromatic nitrogens is 3. The van der Waals surface area contributed by atoms with E-state index in [0.717, 1.165) is 18.7 Å². The van der Waals surface area contributed by atoms with Crippen LogP contribution in [0.1, 0.15) is 37.4 Å². The molecule has 1 aromatic rings. The van der Waals surface area contributed by atoms with Crippen molar-refractivity contribution in [2.45, 2.75) is 36.8 Å². The molecule has 2 aliphatic rings. The Hall–Kier alpha value is -1.57. The van der Waals surface area contributed by atoms with E-state index in [2.05, 4.69) is 20.5 Å². The molecule has 0 bridgehead atoms. The molecule has 0 spiro atoms. The first-order chi connectivity index (χ1) is 9.74. The van der Waals surface area contributed by atoms with Gasteiger partial charge in [0.15, 0.2) is 0 Å². The summed E-state index contributed by atoms with van der Waals surface area (Å²) in [5.41, 5.74) is 0. The molecule has 7 nitrogen and oxygen atoms in total. The van der Waals surface area contributed by atoms with Crippen molar-refractivity contribution in [2.24, 2.45) is 0 Å². The molecule has 2 heterocycles. The lowest BCUT2D eigenvalue weighted by atomic mass is 10.1. The van der Waals surface area contributed by atoms with Gasteiger partial charge in [-0.05, 0) is 12.8 Å². The van der Waals surface area contributed by atoms with Gasteiger partial charge in [-0.1, -0.05) is 24.6 Å². The number of aromatic amines is 1. The molecule has 2 N–H and O–H groups in total. The lowest BCUT2D eigenvalue weighted by Gasteiger charge is -2.10. The maximum Gasteiger partial charge on any atom is 0.324 e. The molecular weight excluding hydrogens is 278 g/mol. The van der Waals surface area contributed by atoms with Crippen LogP contribution in [0.4, 0.5) is 4.79 Å². The number of thioether (sulfide) groups is 1. The zero-order chi connectivity index (χ0) is 13.9. The summed E-state index contributed by atoms with van der Waals surface area (Å²) >= 11 is 1.27. The number of urea groups is 1. The van der Waals surface area contributed by atoms with Gasteiger partial charge in [0.1, 0.15) is 5.82 Å². The molecule has 8 heteroatoms. The first kappa shape index (κ1) is 13.4. The van der Waals surface area contributed by atoms with Gasteiger partial charge in [0.2, 0.25) is 11.1 Å². The van der Waals surface area contributed by atoms with Crippen molar-refractivity contribution in [1.82, 2.24) is 25.4 Å². The number of imide groups is 1. The van der Waals surface area contributed by atoms with Crippen molar-refractivity contribution < 1.29 is 9.59 Å². The number of rotatable bonds is 4. The molecule has 0 aromatic carbocycles. The van der Waals surface area contributed by atoms with Crippen LogP contribution in [0.15, 0.2) is 5.16 Å². The SMILES string of the molecule is O=C(CSc1n[nH]c(C2CCCC2)n1)N1CCNC1=O. The number of carbonyl (C=O) groups is 2. The second kappa shape index (κ2) is 5.82. The number of amides is 3. The second-order valence-electron chi connectivity index (χ2n) is 5.05. The highest BCUT2D eigenvalue weighted by Gasteiger charge is 2.26. The minimum absolute atomic E-state index is 0.190. The van der Waals surface area contributed by atoms with E-state index in [-0.39, 0.29) is 17.7 Å². The molecule has 2 fully saturated rings. The van der Waals surface area contributed by atoms with Crippen LogP contribution in [0.3, 0.4) is 0 Å². The van der Waals surface area contributed by atoms with Crippen LogP contribution in [0.2, 0.25) is 0 Å². The van der Waals surface area contributed by atoms with Crippen LogP contribution in [0.5, 0.6) is 0 Å². The van der Waals surface area contributed by atoms with Crippen LogP contribution in [0, 0.1) is 0 Å². The Morgan fingerprint density at radius 1 is 1.40 bits per heavy atom. The molecule has 0 atom stereocenters. The van der Waals surface area contributed by atoms with Crippen molar-refractivity contribution >= 4 is 23.7 Å². The molecule has 108 valence electrons. The van der Waals surface area contributed by atoms with E-state index in [1.54, 1.807) is 0 Å². The van der Waals surface area contributed by atoms with Crippen LogP contribution < -0.4 is 5.32 Å². The fourth-order valence-corrected chi connectivity index (χ4v) is 3.30. The minimum Gasteiger partial charge on any atom is -0.336 e. The van der Waals surface area contributed by atoms with Gasteiger partial charge < -0.3 is 5.32 Å². The fourth-order valence-electron chi connectivity index (χ4n) is 2.62. The van der Waals surface area contributed by atoms with Gasteiger partial charge >= 0.3 is 6.03 Å². The average molecular weight is 295 g/mol. The van der Waals surface area contributed by atoms with Crippen LogP contribution in [0.25, 0.3) is 0 Å². The van der Waals surface area contributed by atoms with E-state index in [9.17, 15) is 9.59 Å². The van der Waals surface area contributed by atoms with Crippen molar-refractivity contribution in [3.8, 4) is 0 Å². The van der Waals surface area contributed by atoms with E-state index in [1.807, 2.05) is 0 Å². The molecule has 20 heavy (non-hydrogen) atoms. The van der Waals surface area contributed by atoms with Crippen molar-refractivity contribution in [1.29, 1.82) is 0 Å². The van der Waals surface area contributed by atoms with Crippen LogP contribution in [-0.2, 0) is 4.79 Å². The summed E-state index contributed by atoms with van der Waals surface area (Å²) in [6, 6.07) is -0.308. The Bertz CT molecular complexity index is 512. The number of carbonyl (C=O) groups excluding carboxylic acids is 2. The van der Waals surface area contributed by atoms with Crippen LogP contribution in [-0.4, -0.2) is 50.9 Å². The van der Waals surface area contributed by atoms with Crippen molar-refractivity contribution in [3.05, 3.63) is 5.82 Å². The van der Waals surface area contributed by atoms with Crippen LogP contribution >= 0.6 is 11.8 Å². The Balaban J connectivity index is 1.53. The minimum atomic E-state index is -0.308. The average Bonchev–Trinajstić information content (AvgIpc) is 3.16. The summed E-state index contributed by atoms with van der Waals surface area (Å²) in [6.45, 7) is 0.973. The number of hydrogen-bond acceptors (Lipinski definition) is 5. The highest BCUT2D eigenvalue weighted by Crippen LogP contribution is 2.32. The second-order valence-corrected chi connectivity index (χ2v) is 5.99. The number of hydrogen-bond donors (Lipinski definition) is 2. The lowest BCUT2D eigenvalue weighted by Crippen LogP contribution is -2.35. The van der Waals surface area contributed by atoms with E-state index >= 15 is 0 Å². The predicted molar refractivity (Wildman–Crippen MR) is 73.4 cm³/mol. The zero-order valence-electron chi connectivity index (χ0n) is 11.1. The summed E-state index contributed by atoms with van der Waals surface area (Å²) in [5, 5.41) is 10.3. The number of nitrogens with zero attached hydrogens (tertiary/aromatic N) is 3. The van der Waals surface area contributed by atoms with Gasteiger partial charge in [0.05, 0.1) is 5.75 Å². The third-order valence-electron chi connectivity index (χ3n) is 3.71. The maximum atomic E-state index is 11.9. The van der Waals surface area contributed by atoms with Gasteiger partial charge in [-0.3, -0.25) is 14.8 Å². The van der Waals surface area contributed by atoms with E-state index in [4.69, 9.17) is 0 Å². The van der Waals surface area contributed by atoms with Crippen molar-refractivity contribution in [2.75, 3.05) is 18.8 Å². The topological polar surface area (TPSA) is 91.0 Å². The molecule has 1 aliphatic carbocycles. The zero-order valence-corrected chi connectivity index (χ0v) is 11.9. The fraction of sp³-hybridized carbons (Fsp3) is 0.667. The molecule has 1 saturated carbocycles. The Labute approximate surface area is 120 Å². The lowest BCUT2D eigenvalue weighted by molar-refractivity contribution is -0.124. The summed E-state index contributed by atoms with van der Waals surface area (Å²) in [6.07, 6.45) is 4.81. The number of H-pyrrole nitrogens is 1. The van der Waals surface area contributed by atoms with Gasteiger partial charge in [0.25, 0.3) is 0 Å². The molecule has 1 aromatic heterocycles. The molecule has 1 aliphatic heterocycles. The third-order valence-corrected chi connectivity index (χ3v) is 4.54. The summed E-state index contributed by atoms with van der Waals surface area (Å²) in [5.74, 6) is 1.40. The Kier molecular flexibility index (Phi) is 3.90. The normalized spacial score (nSPS) is 19.6.